The fourth-order valence-electron chi connectivity index (χ4n) is 4.07. The van der Waals surface area contributed by atoms with Gasteiger partial charge in [-0.2, -0.15) is 0 Å². The van der Waals surface area contributed by atoms with E-state index in [4.69, 9.17) is 0 Å². The maximum Gasteiger partial charge on any atom is 0.308 e. The van der Waals surface area contributed by atoms with E-state index >= 15 is 0 Å². The molecule has 2 saturated heterocycles. The van der Waals surface area contributed by atoms with Crippen molar-refractivity contribution in [1.29, 1.82) is 0 Å². The third-order valence-corrected chi connectivity index (χ3v) is 5.03. The van der Waals surface area contributed by atoms with Gasteiger partial charge in [0.15, 0.2) is 0 Å². The highest BCUT2D eigenvalue weighted by molar-refractivity contribution is 5.83. The molecule has 2 N–H and O–H groups in total. The quantitative estimate of drug-likeness (QED) is 0.901. The number of aromatic nitrogens is 1. The van der Waals surface area contributed by atoms with Crippen molar-refractivity contribution in [3.63, 3.8) is 0 Å². The number of hydrogen-bond donors (Lipinski definition) is 2. The Morgan fingerprint density at radius 2 is 2.20 bits per heavy atom. The molecular formula is C16H18N2O2. The first kappa shape index (κ1) is 12.0. The van der Waals surface area contributed by atoms with E-state index in [1.807, 2.05) is 6.07 Å². The van der Waals surface area contributed by atoms with Crippen LogP contribution in [0.25, 0.3) is 10.9 Å². The van der Waals surface area contributed by atoms with Gasteiger partial charge in [0.05, 0.1) is 5.92 Å². The average molecular weight is 270 g/mol. The van der Waals surface area contributed by atoms with Gasteiger partial charge >= 0.3 is 5.97 Å². The average Bonchev–Trinajstić information content (AvgIpc) is 3.13. The molecule has 20 heavy (non-hydrogen) atoms. The molecule has 1 aromatic heterocycles. The zero-order valence-electron chi connectivity index (χ0n) is 11.2. The Morgan fingerprint density at radius 3 is 3.00 bits per heavy atom. The fraction of sp³-hybridized carbons (Fsp3) is 0.438. The van der Waals surface area contributed by atoms with Crippen LogP contribution in [0.3, 0.4) is 0 Å². The maximum atomic E-state index is 11.3. The topological polar surface area (TPSA) is 56.3 Å². The fourth-order valence-corrected chi connectivity index (χ4v) is 4.07. The predicted molar refractivity (Wildman–Crippen MR) is 76.4 cm³/mol. The molecule has 0 spiro atoms. The molecule has 4 nitrogen and oxygen atoms in total. The first-order chi connectivity index (χ1) is 9.74. The monoisotopic (exact) mass is 270 g/mol. The van der Waals surface area contributed by atoms with Crippen LogP contribution in [0.1, 0.15) is 24.8 Å². The van der Waals surface area contributed by atoms with Crippen molar-refractivity contribution in [2.24, 2.45) is 5.92 Å². The number of H-pyrrole nitrogens is 1. The van der Waals surface area contributed by atoms with Crippen molar-refractivity contribution in [3.8, 4) is 0 Å². The molecule has 3 heterocycles. The number of nitrogens with one attached hydrogen (secondary N) is 1. The Morgan fingerprint density at radius 1 is 1.35 bits per heavy atom. The largest absolute Gasteiger partial charge is 0.481 e. The number of benzene rings is 1. The summed E-state index contributed by atoms with van der Waals surface area (Å²) in [7, 11) is 0. The molecular weight excluding hydrogens is 252 g/mol. The van der Waals surface area contributed by atoms with E-state index in [9.17, 15) is 9.90 Å². The smallest absolute Gasteiger partial charge is 0.308 e. The lowest BCUT2D eigenvalue weighted by molar-refractivity contribution is -0.142. The molecule has 2 aromatic rings. The number of hydrogen-bond acceptors (Lipinski definition) is 2. The van der Waals surface area contributed by atoms with Gasteiger partial charge < -0.3 is 10.1 Å². The van der Waals surface area contributed by atoms with E-state index in [1.54, 1.807) is 0 Å². The number of carbonyl (C=O) groups is 1. The molecule has 2 aliphatic heterocycles. The van der Waals surface area contributed by atoms with Gasteiger partial charge in [-0.25, -0.2) is 0 Å². The predicted octanol–water partition coefficient (Wildman–Crippen LogP) is 2.61. The van der Waals surface area contributed by atoms with Crippen LogP contribution in [0.2, 0.25) is 0 Å². The number of rotatable bonds is 3. The molecule has 2 aliphatic rings. The molecule has 4 rings (SSSR count). The van der Waals surface area contributed by atoms with Gasteiger partial charge in [-0.05, 0) is 30.9 Å². The van der Waals surface area contributed by atoms with Crippen LogP contribution in [-0.4, -0.2) is 33.0 Å². The summed E-state index contributed by atoms with van der Waals surface area (Å²) in [6.45, 7) is 0.864. The zero-order chi connectivity index (χ0) is 13.7. The normalized spacial score (nSPS) is 29.3. The summed E-state index contributed by atoms with van der Waals surface area (Å²) in [6, 6.07) is 8.98. The van der Waals surface area contributed by atoms with Gasteiger partial charge in [-0.1, -0.05) is 18.2 Å². The van der Waals surface area contributed by atoms with Crippen molar-refractivity contribution in [3.05, 3.63) is 36.0 Å². The van der Waals surface area contributed by atoms with Crippen molar-refractivity contribution < 1.29 is 9.90 Å². The van der Waals surface area contributed by atoms with Crippen LogP contribution < -0.4 is 0 Å². The van der Waals surface area contributed by atoms with Crippen molar-refractivity contribution in [1.82, 2.24) is 9.88 Å². The highest BCUT2D eigenvalue weighted by atomic mass is 16.4. The number of aliphatic carboxylic acids is 1. The molecule has 3 atom stereocenters. The van der Waals surface area contributed by atoms with Crippen LogP contribution in [0, 0.1) is 5.92 Å². The number of aromatic amines is 1. The van der Waals surface area contributed by atoms with E-state index in [0.717, 1.165) is 31.3 Å². The third-order valence-electron chi connectivity index (χ3n) is 5.03. The number of nitrogens with zero attached hydrogens (tertiary/aromatic N) is 1. The van der Waals surface area contributed by atoms with Crippen molar-refractivity contribution in [2.75, 3.05) is 0 Å². The van der Waals surface area contributed by atoms with E-state index in [-0.39, 0.29) is 12.0 Å². The van der Waals surface area contributed by atoms with E-state index < -0.39 is 5.97 Å². The summed E-state index contributed by atoms with van der Waals surface area (Å²) in [6.07, 6.45) is 5.07. The maximum absolute atomic E-state index is 11.3. The van der Waals surface area contributed by atoms with Gasteiger partial charge in [0.1, 0.15) is 0 Å². The molecule has 0 radical (unpaired) electrons. The van der Waals surface area contributed by atoms with E-state index in [2.05, 4.69) is 34.3 Å². The minimum Gasteiger partial charge on any atom is -0.481 e. The molecule has 0 amide bonds. The second kappa shape index (κ2) is 4.35. The lowest BCUT2D eigenvalue weighted by atomic mass is 9.89. The van der Waals surface area contributed by atoms with Gasteiger partial charge in [0.2, 0.25) is 0 Å². The zero-order valence-corrected chi connectivity index (χ0v) is 11.2. The lowest BCUT2D eigenvalue weighted by Crippen LogP contribution is -2.32. The van der Waals surface area contributed by atoms with E-state index in [1.165, 1.54) is 10.9 Å². The Bertz CT molecular complexity index is 663. The molecule has 2 bridgehead atoms. The summed E-state index contributed by atoms with van der Waals surface area (Å²) in [4.78, 5) is 17.0. The first-order valence-corrected chi connectivity index (χ1v) is 7.27. The second-order valence-corrected chi connectivity index (χ2v) is 6.01. The Balaban J connectivity index is 1.62. The summed E-state index contributed by atoms with van der Waals surface area (Å²) in [5.74, 6) is -0.792. The standard InChI is InChI=1S/C16H18N2O2/c19-16(20)13-7-11-5-6-15(13)18(11)9-10-8-17-14-4-2-1-3-12(10)14/h1-4,8,11,13,15,17H,5-7,9H2,(H,19,20). The molecule has 4 heteroatoms. The first-order valence-electron chi connectivity index (χ1n) is 7.27. The summed E-state index contributed by atoms with van der Waals surface area (Å²) < 4.78 is 0. The molecule has 3 unspecified atom stereocenters. The lowest BCUT2D eigenvalue weighted by Gasteiger charge is -2.22. The van der Waals surface area contributed by atoms with E-state index in [0.29, 0.717) is 6.04 Å². The number of para-hydroxylation sites is 1. The molecule has 104 valence electrons. The number of fused-ring (bicyclic) bond motifs is 3. The van der Waals surface area contributed by atoms with Gasteiger partial charge in [-0.3, -0.25) is 9.69 Å². The van der Waals surface area contributed by atoms with Crippen molar-refractivity contribution >= 4 is 16.9 Å². The minimum atomic E-state index is -0.624. The third kappa shape index (κ3) is 1.68. The Labute approximate surface area is 117 Å². The van der Waals surface area contributed by atoms with Gasteiger partial charge in [0.25, 0.3) is 0 Å². The second-order valence-electron chi connectivity index (χ2n) is 6.01. The number of carboxylic acids is 1. The van der Waals surface area contributed by atoms with Crippen molar-refractivity contribution in [2.45, 2.75) is 37.9 Å². The highest BCUT2D eigenvalue weighted by Crippen LogP contribution is 2.43. The SMILES string of the molecule is O=C(O)C1CC2CCC1N2Cc1c[nH]c2ccccc12. The van der Waals surface area contributed by atoms with Crippen LogP contribution in [0.5, 0.6) is 0 Å². The number of carboxylic acid groups (broad SMARTS) is 1. The summed E-state index contributed by atoms with van der Waals surface area (Å²) >= 11 is 0. The highest BCUT2D eigenvalue weighted by Gasteiger charge is 2.49. The van der Waals surface area contributed by atoms with Crippen LogP contribution in [-0.2, 0) is 11.3 Å². The molecule has 1 aromatic carbocycles. The van der Waals surface area contributed by atoms with Gasteiger partial charge in [-0.15, -0.1) is 0 Å². The minimum absolute atomic E-state index is 0.168. The molecule has 2 fully saturated rings. The summed E-state index contributed by atoms with van der Waals surface area (Å²) in [5.41, 5.74) is 2.44. The van der Waals surface area contributed by atoms with Gasteiger partial charge in [0, 0.05) is 35.7 Å². The molecule has 0 aliphatic carbocycles. The Kier molecular flexibility index (Phi) is 2.60. The van der Waals surface area contributed by atoms with Crippen LogP contribution in [0.15, 0.2) is 30.5 Å². The Hall–Kier alpha value is -1.81. The molecule has 0 saturated carbocycles. The summed E-state index contributed by atoms with van der Waals surface area (Å²) in [5, 5.41) is 10.6. The van der Waals surface area contributed by atoms with Crippen LogP contribution in [0.4, 0.5) is 0 Å². The van der Waals surface area contributed by atoms with Crippen LogP contribution >= 0.6 is 0 Å².